The molecule has 0 radical (unpaired) electrons. The molecule has 1 saturated carbocycles. The molecule has 1 fully saturated rings. The van der Waals surface area contributed by atoms with Gasteiger partial charge in [-0.1, -0.05) is 56.0 Å². The number of carbonyl (C=O) groups excluding carboxylic acids is 1. The van der Waals surface area contributed by atoms with Crippen LogP contribution in [0, 0.1) is 0 Å². The Morgan fingerprint density at radius 2 is 1.85 bits per heavy atom. The van der Waals surface area contributed by atoms with Crippen molar-refractivity contribution in [2.24, 2.45) is 0 Å². The lowest BCUT2D eigenvalue weighted by Gasteiger charge is -2.22. The van der Waals surface area contributed by atoms with Crippen molar-refractivity contribution in [3.05, 3.63) is 59.9 Å². The topological polar surface area (TPSA) is 45.2 Å². The van der Waals surface area contributed by atoms with E-state index in [4.69, 9.17) is 0 Å². The first-order chi connectivity index (χ1) is 12.8. The maximum atomic E-state index is 12.9. The second-order valence-electron chi connectivity index (χ2n) is 7.07. The molecule has 1 amide bonds. The Hall–Kier alpha value is -2.36. The molecule has 0 unspecified atom stereocenters. The number of hydrogen-bond donors (Lipinski definition) is 1. The minimum atomic E-state index is -0.0131. The van der Waals surface area contributed by atoms with E-state index in [0.29, 0.717) is 24.8 Å². The Morgan fingerprint density at radius 1 is 1.12 bits per heavy atom. The summed E-state index contributed by atoms with van der Waals surface area (Å²) in [5.74, 6) is -0.0131. The summed E-state index contributed by atoms with van der Waals surface area (Å²) in [5.41, 5.74) is 2.66. The van der Waals surface area contributed by atoms with Gasteiger partial charge in [0.15, 0.2) is 0 Å². The fourth-order valence-electron chi connectivity index (χ4n) is 3.59. The molecule has 1 heterocycles. The van der Waals surface area contributed by atoms with Crippen LogP contribution >= 0.6 is 0 Å². The number of aromatic nitrogens is 1. The molecule has 0 spiro atoms. The van der Waals surface area contributed by atoms with Crippen LogP contribution in [0.3, 0.4) is 0 Å². The zero-order chi connectivity index (χ0) is 18.2. The summed E-state index contributed by atoms with van der Waals surface area (Å²) >= 11 is 0. The van der Waals surface area contributed by atoms with Crippen molar-refractivity contribution in [1.82, 2.24) is 9.88 Å². The third-order valence-corrected chi connectivity index (χ3v) is 5.09. The van der Waals surface area contributed by atoms with Gasteiger partial charge in [0.2, 0.25) is 0 Å². The molecule has 1 aromatic heterocycles. The van der Waals surface area contributed by atoms with Gasteiger partial charge in [0.05, 0.1) is 0 Å². The van der Waals surface area contributed by atoms with Crippen molar-refractivity contribution in [2.45, 2.75) is 58.0 Å². The predicted molar refractivity (Wildman–Crippen MR) is 106 cm³/mol. The molecular formula is C22H29N3O. The molecule has 1 aliphatic rings. The average Bonchev–Trinajstić information content (AvgIpc) is 2.95. The number of carbonyl (C=O) groups is 1. The van der Waals surface area contributed by atoms with Gasteiger partial charge >= 0.3 is 0 Å². The van der Waals surface area contributed by atoms with Crippen LogP contribution in [0.5, 0.6) is 0 Å². The zero-order valence-corrected chi connectivity index (χ0v) is 15.7. The number of pyridine rings is 1. The lowest BCUT2D eigenvalue weighted by atomic mass is 10.1. The number of anilines is 1. The standard InChI is InChI=1S/C22H29N3O/c1-2-25(17-18-10-6-5-7-11-18)22(26)21-16-20(14-15-23-21)24-19-12-8-3-4-9-13-19/h5-7,10-11,14-16,19H,2-4,8-9,12-13,17H2,1H3,(H,23,24). The number of amides is 1. The molecule has 0 aliphatic heterocycles. The molecule has 4 heteroatoms. The van der Waals surface area contributed by atoms with Crippen LogP contribution < -0.4 is 5.32 Å². The minimum Gasteiger partial charge on any atom is -0.382 e. The number of rotatable bonds is 6. The highest BCUT2D eigenvalue weighted by Crippen LogP contribution is 2.21. The fourth-order valence-corrected chi connectivity index (χ4v) is 3.59. The molecule has 0 atom stereocenters. The first-order valence-electron chi connectivity index (χ1n) is 9.82. The molecule has 3 rings (SSSR count). The van der Waals surface area contributed by atoms with E-state index >= 15 is 0 Å². The van der Waals surface area contributed by atoms with Crippen molar-refractivity contribution in [1.29, 1.82) is 0 Å². The number of benzene rings is 1. The van der Waals surface area contributed by atoms with E-state index in [9.17, 15) is 4.79 Å². The van der Waals surface area contributed by atoms with Gasteiger partial charge in [-0.15, -0.1) is 0 Å². The molecule has 2 aromatic rings. The van der Waals surface area contributed by atoms with Crippen LogP contribution in [0.25, 0.3) is 0 Å². The monoisotopic (exact) mass is 351 g/mol. The summed E-state index contributed by atoms with van der Waals surface area (Å²) in [6, 6.07) is 14.5. The van der Waals surface area contributed by atoms with Crippen molar-refractivity contribution < 1.29 is 4.79 Å². The third kappa shape index (κ3) is 5.07. The van der Waals surface area contributed by atoms with E-state index in [1.54, 1.807) is 6.20 Å². The fraction of sp³-hybridized carbons (Fsp3) is 0.455. The van der Waals surface area contributed by atoms with Gasteiger partial charge in [0.1, 0.15) is 5.69 Å². The predicted octanol–water partition coefficient (Wildman–Crippen LogP) is 4.88. The van der Waals surface area contributed by atoms with Crippen molar-refractivity contribution in [3.8, 4) is 0 Å². The van der Waals surface area contributed by atoms with E-state index < -0.39 is 0 Å². The van der Waals surface area contributed by atoms with Gasteiger partial charge in [-0.25, -0.2) is 0 Å². The zero-order valence-electron chi connectivity index (χ0n) is 15.7. The Labute approximate surface area is 156 Å². The van der Waals surface area contributed by atoms with E-state index in [1.807, 2.05) is 54.3 Å². The van der Waals surface area contributed by atoms with Gasteiger partial charge in [-0.2, -0.15) is 0 Å². The lowest BCUT2D eigenvalue weighted by molar-refractivity contribution is 0.0746. The number of nitrogens with zero attached hydrogens (tertiary/aromatic N) is 2. The molecule has 0 bridgehead atoms. The van der Waals surface area contributed by atoms with Crippen LogP contribution in [0.15, 0.2) is 48.7 Å². The number of hydrogen-bond acceptors (Lipinski definition) is 3. The summed E-state index contributed by atoms with van der Waals surface area (Å²) < 4.78 is 0. The Bertz CT molecular complexity index is 694. The second kappa shape index (κ2) is 9.37. The van der Waals surface area contributed by atoms with Crippen LogP contribution in [0.1, 0.15) is 61.5 Å². The smallest absolute Gasteiger partial charge is 0.272 e. The normalized spacial score (nSPS) is 15.3. The first-order valence-corrected chi connectivity index (χ1v) is 9.82. The summed E-state index contributed by atoms with van der Waals surface area (Å²) in [4.78, 5) is 19.1. The van der Waals surface area contributed by atoms with Gasteiger partial charge in [-0.3, -0.25) is 9.78 Å². The maximum absolute atomic E-state index is 12.9. The van der Waals surface area contributed by atoms with Crippen molar-refractivity contribution >= 4 is 11.6 Å². The molecule has 26 heavy (non-hydrogen) atoms. The molecule has 1 aliphatic carbocycles. The highest BCUT2D eigenvalue weighted by atomic mass is 16.2. The Balaban J connectivity index is 1.68. The van der Waals surface area contributed by atoms with Gasteiger partial charge < -0.3 is 10.2 Å². The van der Waals surface area contributed by atoms with Crippen LogP contribution in [-0.4, -0.2) is 28.4 Å². The quantitative estimate of drug-likeness (QED) is 0.755. The Kier molecular flexibility index (Phi) is 6.64. The Morgan fingerprint density at radius 3 is 2.54 bits per heavy atom. The van der Waals surface area contributed by atoms with Crippen LogP contribution in [0.4, 0.5) is 5.69 Å². The highest BCUT2D eigenvalue weighted by Gasteiger charge is 2.17. The summed E-state index contributed by atoms with van der Waals surface area (Å²) in [7, 11) is 0. The summed E-state index contributed by atoms with van der Waals surface area (Å²) in [5, 5.41) is 3.61. The maximum Gasteiger partial charge on any atom is 0.272 e. The molecule has 1 aromatic carbocycles. The second-order valence-corrected chi connectivity index (χ2v) is 7.07. The van der Waals surface area contributed by atoms with E-state index in [0.717, 1.165) is 11.3 Å². The van der Waals surface area contributed by atoms with E-state index in [-0.39, 0.29) is 5.91 Å². The summed E-state index contributed by atoms with van der Waals surface area (Å²) in [6.45, 7) is 3.28. The largest absolute Gasteiger partial charge is 0.382 e. The lowest BCUT2D eigenvalue weighted by Crippen LogP contribution is -2.31. The van der Waals surface area contributed by atoms with Gasteiger partial charge in [0, 0.05) is 31.0 Å². The molecule has 138 valence electrons. The van der Waals surface area contributed by atoms with Gasteiger partial charge in [-0.05, 0) is 37.5 Å². The minimum absolute atomic E-state index is 0.0131. The summed E-state index contributed by atoms with van der Waals surface area (Å²) in [6.07, 6.45) is 9.40. The SMILES string of the molecule is CCN(Cc1ccccc1)C(=O)c1cc(NC2CCCCCC2)ccn1. The van der Waals surface area contributed by atoms with Crippen LogP contribution in [0.2, 0.25) is 0 Å². The molecular weight excluding hydrogens is 322 g/mol. The molecule has 1 N–H and O–H groups in total. The molecule has 4 nitrogen and oxygen atoms in total. The van der Waals surface area contributed by atoms with Gasteiger partial charge in [0.25, 0.3) is 5.91 Å². The number of nitrogens with one attached hydrogen (secondary N) is 1. The molecule has 0 saturated heterocycles. The average molecular weight is 351 g/mol. The first kappa shape index (κ1) is 18.4. The van der Waals surface area contributed by atoms with Crippen molar-refractivity contribution in [3.63, 3.8) is 0 Å². The highest BCUT2D eigenvalue weighted by molar-refractivity contribution is 5.93. The third-order valence-electron chi connectivity index (χ3n) is 5.09. The van der Waals surface area contributed by atoms with Crippen molar-refractivity contribution in [2.75, 3.05) is 11.9 Å². The van der Waals surface area contributed by atoms with E-state index in [2.05, 4.69) is 10.3 Å². The van der Waals surface area contributed by atoms with Crippen LogP contribution in [-0.2, 0) is 6.54 Å². The van der Waals surface area contributed by atoms with E-state index in [1.165, 1.54) is 38.5 Å².